The fraction of sp³-hybridized carbons (Fsp3) is 0.478. The van der Waals surface area contributed by atoms with Crippen molar-refractivity contribution in [3.05, 3.63) is 53.5 Å². The summed E-state index contributed by atoms with van der Waals surface area (Å²) >= 11 is 0. The number of benzene rings is 1. The van der Waals surface area contributed by atoms with Gasteiger partial charge in [0.15, 0.2) is 0 Å². The van der Waals surface area contributed by atoms with Crippen LogP contribution in [0.3, 0.4) is 0 Å². The topological polar surface area (TPSA) is 81.7 Å². The van der Waals surface area contributed by atoms with Gasteiger partial charge in [0.2, 0.25) is 11.8 Å². The lowest BCUT2D eigenvalue weighted by atomic mass is 10.0. The SMILES string of the molecule is CNc1cc([C@H]2CC(=O)N(Cc3ccccc3)C2)nc(CN(C)CC(=O)N2CCC2)n1. The van der Waals surface area contributed by atoms with Crippen molar-refractivity contribution in [2.24, 2.45) is 0 Å². The molecule has 3 heterocycles. The van der Waals surface area contributed by atoms with E-state index in [4.69, 9.17) is 4.98 Å². The molecule has 2 amide bonds. The summed E-state index contributed by atoms with van der Waals surface area (Å²) in [7, 11) is 3.74. The Balaban J connectivity index is 1.43. The van der Waals surface area contributed by atoms with Crippen LogP contribution in [0.25, 0.3) is 0 Å². The third-order valence-electron chi connectivity index (χ3n) is 5.92. The van der Waals surface area contributed by atoms with Gasteiger partial charge in [-0.2, -0.15) is 0 Å². The van der Waals surface area contributed by atoms with Gasteiger partial charge in [0, 0.05) is 51.6 Å². The van der Waals surface area contributed by atoms with Crippen LogP contribution in [0, 0.1) is 0 Å². The van der Waals surface area contributed by atoms with E-state index in [1.165, 1.54) is 0 Å². The first-order valence-corrected chi connectivity index (χ1v) is 10.9. The zero-order chi connectivity index (χ0) is 21.8. The van der Waals surface area contributed by atoms with Gasteiger partial charge in [0.05, 0.1) is 18.8 Å². The Kier molecular flexibility index (Phi) is 6.46. The average Bonchev–Trinajstić information content (AvgIpc) is 3.07. The Morgan fingerprint density at radius 2 is 2.00 bits per heavy atom. The zero-order valence-corrected chi connectivity index (χ0v) is 18.3. The van der Waals surface area contributed by atoms with Crippen molar-refractivity contribution >= 4 is 17.6 Å². The van der Waals surface area contributed by atoms with Crippen molar-refractivity contribution in [1.29, 1.82) is 0 Å². The van der Waals surface area contributed by atoms with Crippen LogP contribution in [0.4, 0.5) is 5.82 Å². The molecule has 1 N–H and O–H groups in total. The first-order valence-electron chi connectivity index (χ1n) is 10.9. The molecule has 0 bridgehead atoms. The molecule has 1 aromatic heterocycles. The number of amides is 2. The zero-order valence-electron chi connectivity index (χ0n) is 18.3. The van der Waals surface area contributed by atoms with Crippen LogP contribution in [0.2, 0.25) is 0 Å². The van der Waals surface area contributed by atoms with Gasteiger partial charge >= 0.3 is 0 Å². The molecule has 0 aliphatic carbocycles. The third-order valence-corrected chi connectivity index (χ3v) is 5.92. The fourth-order valence-electron chi connectivity index (χ4n) is 4.05. The molecule has 0 saturated carbocycles. The summed E-state index contributed by atoms with van der Waals surface area (Å²) < 4.78 is 0. The number of carbonyl (C=O) groups is 2. The quantitative estimate of drug-likeness (QED) is 0.697. The van der Waals surface area contributed by atoms with E-state index in [2.05, 4.69) is 10.3 Å². The van der Waals surface area contributed by atoms with E-state index in [-0.39, 0.29) is 17.7 Å². The minimum absolute atomic E-state index is 0.0399. The van der Waals surface area contributed by atoms with Gasteiger partial charge in [-0.1, -0.05) is 30.3 Å². The highest BCUT2D eigenvalue weighted by molar-refractivity contribution is 5.80. The molecular formula is C23H30N6O2. The van der Waals surface area contributed by atoms with Crippen molar-refractivity contribution in [1.82, 2.24) is 24.7 Å². The largest absolute Gasteiger partial charge is 0.373 e. The van der Waals surface area contributed by atoms with Crippen LogP contribution >= 0.6 is 0 Å². The number of likely N-dealkylation sites (tertiary alicyclic amines) is 2. The summed E-state index contributed by atoms with van der Waals surface area (Å²) in [5, 5.41) is 3.10. The highest BCUT2D eigenvalue weighted by atomic mass is 16.2. The van der Waals surface area contributed by atoms with Crippen molar-refractivity contribution in [3.63, 3.8) is 0 Å². The summed E-state index contributed by atoms with van der Waals surface area (Å²) in [4.78, 5) is 39.9. The van der Waals surface area contributed by atoms with Gasteiger partial charge in [-0.05, 0) is 19.0 Å². The third kappa shape index (κ3) is 5.19. The number of hydrogen-bond donors (Lipinski definition) is 1. The van der Waals surface area contributed by atoms with Crippen molar-refractivity contribution in [2.45, 2.75) is 31.8 Å². The molecule has 31 heavy (non-hydrogen) atoms. The molecular weight excluding hydrogens is 392 g/mol. The maximum absolute atomic E-state index is 12.6. The lowest BCUT2D eigenvalue weighted by Crippen LogP contribution is -2.46. The number of carbonyl (C=O) groups excluding carboxylic acids is 2. The van der Waals surface area contributed by atoms with Crippen LogP contribution in [0.15, 0.2) is 36.4 Å². The van der Waals surface area contributed by atoms with Crippen molar-refractivity contribution in [3.8, 4) is 0 Å². The van der Waals surface area contributed by atoms with E-state index in [1.54, 1.807) is 0 Å². The van der Waals surface area contributed by atoms with Crippen LogP contribution in [0.5, 0.6) is 0 Å². The Morgan fingerprint density at radius 3 is 2.68 bits per heavy atom. The highest BCUT2D eigenvalue weighted by Gasteiger charge is 2.32. The summed E-state index contributed by atoms with van der Waals surface area (Å²) in [6.45, 7) is 3.83. The second-order valence-corrected chi connectivity index (χ2v) is 8.41. The van der Waals surface area contributed by atoms with Gasteiger partial charge in [-0.3, -0.25) is 14.5 Å². The Labute approximate surface area is 183 Å². The van der Waals surface area contributed by atoms with Crippen LogP contribution in [0.1, 0.15) is 35.8 Å². The number of hydrogen-bond acceptors (Lipinski definition) is 6. The van der Waals surface area contributed by atoms with Gasteiger partial charge in [0.1, 0.15) is 11.6 Å². The van der Waals surface area contributed by atoms with Crippen LogP contribution in [-0.2, 0) is 22.7 Å². The molecule has 2 saturated heterocycles. The minimum atomic E-state index is 0.0399. The predicted molar refractivity (Wildman–Crippen MR) is 118 cm³/mol. The lowest BCUT2D eigenvalue weighted by molar-refractivity contribution is -0.135. The molecule has 2 aromatic rings. The molecule has 8 heteroatoms. The summed E-state index contributed by atoms with van der Waals surface area (Å²) in [5.74, 6) is 1.73. The van der Waals surface area contributed by atoms with E-state index in [0.717, 1.165) is 36.6 Å². The summed E-state index contributed by atoms with van der Waals surface area (Å²) in [6.07, 6.45) is 1.54. The first-order chi connectivity index (χ1) is 15.0. The maximum Gasteiger partial charge on any atom is 0.236 e. The second-order valence-electron chi connectivity index (χ2n) is 8.41. The summed E-state index contributed by atoms with van der Waals surface area (Å²) in [5.41, 5.74) is 2.00. The highest BCUT2D eigenvalue weighted by Crippen LogP contribution is 2.29. The number of likely N-dealkylation sites (N-methyl/N-ethyl adjacent to an activating group) is 1. The van der Waals surface area contributed by atoms with Gasteiger partial charge in [0.25, 0.3) is 0 Å². The number of nitrogens with one attached hydrogen (secondary N) is 1. The standard InChI is InChI=1S/C23H30N6O2/c1-24-20-12-19(18-11-22(30)29(14-18)13-17-7-4-3-5-8-17)25-21(26-20)15-27(2)16-23(31)28-9-6-10-28/h3-5,7-8,12,18H,6,9-11,13-16H2,1-2H3,(H,24,25,26)/t18-/m0/s1. The maximum atomic E-state index is 12.6. The fourth-order valence-corrected chi connectivity index (χ4v) is 4.05. The average molecular weight is 423 g/mol. The molecule has 1 atom stereocenters. The van der Waals surface area contributed by atoms with Gasteiger partial charge in [-0.25, -0.2) is 9.97 Å². The van der Waals surface area contributed by atoms with E-state index in [0.29, 0.717) is 38.4 Å². The molecule has 0 radical (unpaired) electrons. The normalized spacial score (nSPS) is 18.4. The molecule has 2 fully saturated rings. The van der Waals surface area contributed by atoms with Crippen LogP contribution in [-0.4, -0.2) is 76.8 Å². The van der Waals surface area contributed by atoms with E-state index >= 15 is 0 Å². The van der Waals surface area contributed by atoms with Crippen LogP contribution < -0.4 is 5.32 Å². The second kappa shape index (κ2) is 9.43. The van der Waals surface area contributed by atoms with Crippen molar-refractivity contribution < 1.29 is 9.59 Å². The van der Waals surface area contributed by atoms with E-state index in [1.807, 2.05) is 65.2 Å². The Bertz CT molecular complexity index is 931. The molecule has 2 aliphatic heterocycles. The first kappa shape index (κ1) is 21.2. The van der Waals surface area contributed by atoms with Gasteiger partial charge in [-0.15, -0.1) is 0 Å². The van der Waals surface area contributed by atoms with E-state index in [9.17, 15) is 9.59 Å². The molecule has 2 aliphatic rings. The number of nitrogens with zero attached hydrogens (tertiary/aromatic N) is 5. The van der Waals surface area contributed by atoms with Crippen molar-refractivity contribution in [2.75, 3.05) is 45.6 Å². The molecule has 4 rings (SSSR count). The molecule has 8 nitrogen and oxygen atoms in total. The molecule has 0 unspecified atom stereocenters. The predicted octanol–water partition coefficient (Wildman–Crippen LogP) is 1.70. The number of rotatable bonds is 8. The minimum Gasteiger partial charge on any atom is -0.373 e. The molecule has 0 spiro atoms. The molecule has 164 valence electrons. The van der Waals surface area contributed by atoms with E-state index < -0.39 is 0 Å². The Hall–Kier alpha value is -3.00. The smallest absolute Gasteiger partial charge is 0.236 e. The number of aromatic nitrogens is 2. The summed E-state index contributed by atoms with van der Waals surface area (Å²) in [6, 6.07) is 12.0. The lowest BCUT2D eigenvalue weighted by Gasteiger charge is -2.32. The number of anilines is 1. The molecule has 1 aromatic carbocycles. The Morgan fingerprint density at radius 1 is 1.23 bits per heavy atom. The van der Waals surface area contributed by atoms with Gasteiger partial charge < -0.3 is 15.1 Å². The monoisotopic (exact) mass is 422 g/mol.